The highest BCUT2D eigenvalue weighted by atomic mass is 127. The number of sulfonamides is 1. The Morgan fingerprint density at radius 2 is 1.56 bits per heavy atom. The molecule has 0 aromatic heterocycles. The van der Waals surface area contributed by atoms with Crippen LogP contribution in [0.3, 0.4) is 0 Å². The van der Waals surface area contributed by atoms with Crippen LogP contribution in [-0.2, 0) is 19.9 Å². The van der Waals surface area contributed by atoms with Crippen molar-refractivity contribution in [1.29, 1.82) is 0 Å². The summed E-state index contributed by atoms with van der Waals surface area (Å²) in [5, 5.41) is 3.94. The first-order valence-corrected chi connectivity index (χ1v) is 26.1. The number of anilines is 2. The third kappa shape index (κ3) is 11.5. The molecule has 2 heterocycles. The van der Waals surface area contributed by atoms with Crippen LogP contribution in [-0.4, -0.2) is 94.5 Å². The monoisotopic (exact) mass is 1070 g/mol. The fraction of sp³-hybridized carbons (Fsp3) is 0.400. The van der Waals surface area contributed by atoms with E-state index < -0.39 is 41.1 Å². The Hall–Kier alpha value is -3.59. The normalized spacial score (nSPS) is 18.2. The second kappa shape index (κ2) is 19.7. The molecule has 19 heteroatoms. The van der Waals surface area contributed by atoms with Gasteiger partial charge in [-0.1, -0.05) is 83.4 Å². The molecule has 3 aliphatic rings. The maximum absolute atomic E-state index is 14.0. The second-order valence-corrected chi connectivity index (χ2v) is 22.3. The van der Waals surface area contributed by atoms with Gasteiger partial charge in [-0.15, -0.1) is 0 Å². The third-order valence-corrected chi connectivity index (χ3v) is 16.3. The molecule has 4 aromatic carbocycles. The molecular weight excluding hydrogens is 1030 g/mol. The lowest BCUT2D eigenvalue weighted by Gasteiger charge is -2.39. The van der Waals surface area contributed by atoms with Gasteiger partial charge in [0.25, 0.3) is 25.8 Å². The lowest BCUT2D eigenvalue weighted by atomic mass is 9.72. The number of carbonyl (C=O) groups excluding carboxylic acids is 1. The predicted octanol–water partition coefficient (Wildman–Crippen LogP) is 10.3. The second-order valence-electron chi connectivity index (χ2n) is 17.1. The Balaban J connectivity index is 1.11. The fourth-order valence-corrected chi connectivity index (χ4v) is 11.3. The SMILES string of the molecule is CC1(C)CCC(CN2CCN(c3ccc(C(=O)NS(=O)(=O)c4ccc(NC5CCN(CI)CC5)c(S(=O)(=O)C(F)(F)F)c4)c(Oc4cccc(Cl)c4)c3)CC2)=C(c2ccc(Cl)cc2)C1. The minimum atomic E-state index is -6.02. The molecule has 1 aliphatic carbocycles. The van der Waals surface area contributed by atoms with Gasteiger partial charge >= 0.3 is 5.51 Å². The molecule has 11 nitrogen and oxygen atoms in total. The number of piperidine rings is 1. The number of benzene rings is 4. The van der Waals surface area contributed by atoms with E-state index in [1.54, 1.807) is 30.3 Å². The van der Waals surface area contributed by atoms with Crippen molar-refractivity contribution in [3.05, 3.63) is 112 Å². The Morgan fingerprint density at radius 3 is 2.22 bits per heavy atom. The average Bonchev–Trinajstić information content (AvgIpc) is 3.24. The molecule has 344 valence electrons. The number of likely N-dealkylation sites (tertiary alicyclic amines) is 1. The van der Waals surface area contributed by atoms with Crippen LogP contribution in [0.2, 0.25) is 10.0 Å². The van der Waals surface area contributed by atoms with Gasteiger partial charge in [-0.3, -0.25) is 14.6 Å². The van der Waals surface area contributed by atoms with Gasteiger partial charge < -0.3 is 15.0 Å². The molecule has 0 radical (unpaired) electrons. The molecule has 0 bridgehead atoms. The molecule has 0 atom stereocenters. The number of sulfone groups is 1. The predicted molar refractivity (Wildman–Crippen MR) is 254 cm³/mol. The molecular formula is C45H49Cl2F3IN5O6S2. The fourth-order valence-electron chi connectivity index (χ4n) is 8.32. The van der Waals surface area contributed by atoms with Crippen LogP contribution in [0.25, 0.3) is 5.57 Å². The molecule has 1 amide bonds. The van der Waals surface area contributed by atoms with Gasteiger partial charge in [0.2, 0.25) is 0 Å². The minimum absolute atomic E-state index is 0.00835. The van der Waals surface area contributed by atoms with Gasteiger partial charge in [-0.25, -0.2) is 21.6 Å². The molecule has 0 spiro atoms. The van der Waals surface area contributed by atoms with Gasteiger partial charge in [0.15, 0.2) is 0 Å². The summed E-state index contributed by atoms with van der Waals surface area (Å²) < 4.78 is 104. The first-order valence-electron chi connectivity index (χ1n) is 20.8. The molecule has 0 unspecified atom stereocenters. The van der Waals surface area contributed by atoms with E-state index in [-0.39, 0.29) is 34.2 Å². The van der Waals surface area contributed by atoms with Crippen LogP contribution in [0.5, 0.6) is 11.5 Å². The number of nitrogens with one attached hydrogen (secondary N) is 2. The van der Waals surface area contributed by atoms with Crippen molar-refractivity contribution in [3.63, 3.8) is 0 Å². The van der Waals surface area contributed by atoms with E-state index in [0.29, 0.717) is 60.8 Å². The van der Waals surface area contributed by atoms with E-state index in [4.69, 9.17) is 27.9 Å². The standard InChI is InChI=1S/C45H49Cl2F3IN5O6S2/c1-44(2)17-14-31(39(27-44)30-6-8-32(46)9-7-30)28-54-20-22-56(23-21-54)35-10-12-38(41(25-35)62-36-5-3-4-33(47)24-36)43(57)53-64(60,61)37-11-13-40(42(26-37)63(58,59)45(48,49)50)52-34-15-18-55(29-51)19-16-34/h3-13,24-26,34,52H,14-23,27-29H2,1-2H3,(H,53,57). The minimum Gasteiger partial charge on any atom is -0.456 e. The quantitative estimate of drug-likeness (QED) is 0.0759. The van der Waals surface area contributed by atoms with Crippen molar-refractivity contribution in [3.8, 4) is 11.5 Å². The number of alkyl halides is 4. The van der Waals surface area contributed by atoms with E-state index in [2.05, 4.69) is 68.6 Å². The highest BCUT2D eigenvalue weighted by molar-refractivity contribution is 14.1. The summed E-state index contributed by atoms with van der Waals surface area (Å²) in [4.78, 5) is 18.5. The zero-order valence-corrected chi connectivity index (χ0v) is 40.5. The number of nitrogens with zero attached hydrogens (tertiary/aromatic N) is 3. The summed E-state index contributed by atoms with van der Waals surface area (Å²) in [7, 11) is -11.0. The van der Waals surface area contributed by atoms with Crippen molar-refractivity contribution in [2.75, 3.05) is 60.6 Å². The summed E-state index contributed by atoms with van der Waals surface area (Å²) in [5.74, 6) is -0.902. The summed E-state index contributed by atoms with van der Waals surface area (Å²) in [6.07, 6.45) is 4.14. The van der Waals surface area contributed by atoms with Crippen molar-refractivity contribution in [2.45, 2.75) is 67.3 Å². The van der Waals surface area contributed by atoms with Crippen molar-refractivity contribution in [2.24, 2.45) is 5.41 Å². The maximum atomic E-state index is 14.0. The largest absolute Gasteiger partial charge is 0.501 e. The number of hydrogen-bond donors (Lipinski definition) is 2. The van der Waals surface area contributed by atoms with E-state index in [1.165, 1.54) is 28.8 Å². The molecule has 2 saturated heterocycles. The van der Waals surface area contributed by atoms with Crippen LogP contribution in [0, 0.1) is 5.41 Å². The highest BCUT2D eigenvalue weighted by Gasteiger charge is 2.48. The molecule has 2 fully saturated rings. The summed E-state index contributed by atoms with van der Waals surface area (Å²) in [6, 6.07) is 21.2. The van der Waals surface area contributed by atoms with E-state index in [9.17, 15) is 34.8 Å². The zero-order valence-electron chi connectivity index (χ0n) is 35.2. The lowest BCUT2D eigenvalue weighted by Crippen LogP contribution is -2.47. The van der Waals surface area contributed by atoms with Gasteiger partial charge in [-0.2, -0.15) is 13.2 Å². The topological polar surface area (TPSA) is 128 Å². The molecule has 4 aromatic rings. The zero-order chi connectivity index (χ0) is 46.0. The Labute approximate surface area is 396 Å². The third-order valence-electron chi connectivity index (χ3n) is 12.0. The first kappa shape index (κ1) is 48.3. The number of allylic oxidation sites excluding steroid dienone is 1. The van der Waals surface area contributed by atoms with Crippen LogP contribution in [0.4, 0.5) is 24.5 Å². The number of rotatable bonds is 13. The molecule has 2 aliphatic heterocycles. The van der Waals surface area contributed by atoms with E-state index in [1.807, 2.05) is 16.9 Å². The van der Waals surface area contributed by atoms with Crippen molar-refractivity contribution < 1.29 is 39.5 Å². The van der Waals surface area contributed by atoms with Gasteiger partial charge in [0.05, 0.1) is 20.7 Å². The first-order chi connectivity index (χ1) is 30.2. The van der Waals surface area contributed by atoms with E-state index >= 15 is 0 Å². The molecule has 0 saturated carbocycles. The number of carbonyl (C=O) groups is 1. The van der Waals surface area contributed by atoms with Crippen LogP contribution >= 0.6 is 45.8 Å². The molecule has 2 N–H and O–H groups in total. The summed E-state index contributed by atoms with van der Waals surface area (Å²) in [5.41, 5.74) is -1.44. The van der Waals surface area contributed by atoms with E-state index in [0.717, 1.165) is 55.6 Å². The van der Waals surface area contributed by atoms with Gasteiger partial charge in [-0.05, 0) is 109 Å². The average molecular weight is 1070 g/mol. The maximum Gasteiger partial charge on any atom is 0.501 e. The Morgan fingerprint density at radius 1 is 0.859 bits per heavy atom. The van der Waals surface area contributed by atoms with Gasteiger partial charge in [0.1, 0.15) is 16.4 Å². The van der Waals surface area contributed by atoms with Crippen LogP contribution in [0.1, 0.15) is 61.9 Å². The molecule has 64 heavy (non-hydrogen) atoms. The molecule has 7 rings (SSSR count). The Bertz CT molecular complexity index is 2620. The van der Waals surface area contributed by atoms with Crippen molar-refractivity contribution in [1.82, 2.24) is 14.5 Å². The Kier molecular flexibility index (Phi) is 14.9. The van der Waals surface area contributed by atoms with Crippen molar-refractivity contribution >= 4 is 88.5 Å². The number of halogens is 6. The van der Waals surface area contributed by atoms with Gasteiger partial charge in [0, 0.05) is 73.7 Å². The van der Waals surface area contributed by atoms with Crippen LogP contribution in [0.15, 0.2) is 100 Å². The number of amides is 1. The lowest BCUT2D eigenvalue weighted by molar-refractivity contribution is -0.0435. The smallest absolute Gasteiger partial charge is 0.456 e. The summed E-state index contributed by atoms with van der Waals surface area (Å²) in [6.45, 7) is 9.53. The highest BCUT2D eigenvalue weighted by Crippen LogP contribution is 2.44. The number of ether oxygens (including phenoxy) is 1. The van der Waals surface area contributed by atoms with Crippen LogP contribution < -0.4 is 19.7 Å². The number of hydrogen-bond acceptors (Lipinski definition) is 10. The summed E-state index contributed by atoms with van der Waals surface area (Å²) >= 11 is 14.7. The number of piperazine rings is 1.